The summed E-state index contributed by atoms with van der Waals surface area (Å²) in [5.74, 6) is 0.633. The van der Waals surface area contributed by atoms with E-state index in [1.54, 1.807) is 14.1 Å². The zero-order valence-electron chi connectivity index (χ0n) is 6.26. The van der Waals surface area contributed by atoms with Crippen LogP contribution >= 0.6 is 22.6 Å². The van der Waals surface area contributed by atoms with Crippen LogP contribution in [-0.4, -0.2) is 16.6 Å². The standard InChI is InChI=1S/C6H8IN3O/c1-8-5-4(7)6(11)10(2)3-9-5/h3,8H,1-2H3. The van der Waals surface area contributed by atoms with Gasteiger partial charge in [-0.1, -0.05) is 0 Å². The van der Waals surface area contributed by atoms with E-state index in [2.05, 4.69) is 10.3 Å². The first-order chi connectivity index (χ1) is 5.16. The van der Waals surface area contributed by atoms with Gasteiger partial charge in [-0.25, -0.2) is 4.98 Å². The Hall–Kier alpha value is -0.590. The minimum Gasteiger partial charge on any atom is -0.372 e. The van der Waals surface area contributed by atoms with Gasteiger partial charge in [-0.2, -0.15) is 0 Å². The minimum atomic E-state index is -0.0232. The summed E-state index contributed by atoms with van der Waals surface area (Å²) in [7, 11) is 3.42. The summed E-state index contributed by atoms with van der Waals surface area (Å²) in [6.07, 6.45) is 1.50. The minimum absolute atomic E-state index is 0.0232. The van der Waals surface area contributed by atoms with E-state index >= 15 is 0 Å². The molecule has 0 amide bonds. The van der Waals surface area contributed by atoms with Gasteiger partial charge in [0.15, 0.2) is 0 Å². The van der Waals surface area contributed by atoms with Crippen LogP contribution in [0.2, 0.25) is 0 Å². The molecule has 0 fully saturated rings. The summed E-state index contributed by atoms with van der Waals surface area (Å²) in [4.78, 5) is 15.2. The van der Waals surface area contributed by atoms with Crippen molar-refractivity contribution < 1.29 is 0 Å². The van der Waals surface area contributed by atoms with Gasteiger partial charge in [0.25, 0.3) is 5.56 Å². The zero-order valence-corrected chi connectivity index (χ0v) is 8.42. The number of hydrogen-bond acceptors (Lipinski definition) is 3. The number of aromatic nitrogens is 2. The highest BCUT2D eigenvalue weighted by atomic mass is 127. The summed E-state index contributed by atoms with van der Waals surface area (Å²) in [6.45, 7) is 0. The van der Waals surface area contributed by atoms with Crippen LogP contribution in [0.25, 0.3) is 0 Å². The average Bonchev–Trinajstić information content (AvgIpc) is 2.01. The molecule has 60 valence electrons. The van der Waals surface area contributed by atoms with Crippen LogP contribution in [0.3, 0.4) is 0 Å². The number of anilines is 1. The van der Waals surface area contributed by atoms with E-state index in [0.29, 0.717) is 9.39 Å². The fourth-order valence-corrected chi connectivity index (χ4v) is 1.47. The summed E-state index contributed by atoms with van der Waals surface area (Å²) >= 11 is 1.97. The predicted molar refractivity (Wildman–Crippen MR) is 51.7 cm³/mol. The van der Waals surface area contributed by atoms with Crippen molar-refractivity contribution in [3.63, 3.8) is 0 Å². The molecule has 1 aromatic rings. The Kier molecular flexibility index (Phi) is 2.48. The Labute approximate surface area is 77.8 Å². The van der Waals surface area contributed by atoms with Crippen LogP contribution in [0, 0.1) is 3.57 Å². The molecule has 0 radical (unpaired) electrons. The number of nitrogens with zero attached hydrogens (tertiary/aromatic N) is 2. The smallest absolute Gasteiger partial charge is 0.268 e. The van der Waals surface area contributed by atoms with Gasteiger partial charge in [0, 0.05) is 14.1 Å². The van der Waals surface area contributed by atoms with E-state index in [-0.39, 0.29) is 5.56 Å². The van der Waals surface area contributed by atoms with Crippen molar-refractivity contribution in [2.75, 3.05) is 12.4 Å². The highest BCUT2D eigenvalue weighted by molar-refractivity contribution is 14.1. The quantitative estimate of drug-likeness (QED) is 0.749. The molecule has 1 rings (SSSR count). The molecular formula is C6H8IN3O. The van der Waals surface area contributed by atoms with Gasteiger partial charge in [-0.3, -0.25) is 4.79 Å². The molecule has 0 aromatic carbocycles. The highest BCUT2D eigenvalue weighted by Crippen LogP contribution is 2.07. The van der Waals surface area contributed by atoms with Crippen molar-refractivity contribution >= 4 is 28.4 Å². The van der Waals surface area contributed by atoms with E-state index in [9.17, 15) is 4.79 Å². The Balaban J connectivity index is 3.37. The number of nitrogens with one attached hydrogen (secondary N) is 1. The second-order valence-electron chi connectivity index (χ2n) is 2.07. The molecule has 0 aliphatic rings. The summed E-state index contributed by atoms with van der Waals surface area (Å²) in [5, 5.41) is 2.83. The summed E-state index contributed by atoms with van der Waals surface area (Å²) < 4.78 is 2.07. The molecule has 0 unspecified atom stereocenters. The third-order valence-electron chi connectivity index (χ3n) is 1.31. The van der Waals surface area contributed by atoms with Gasteiger partial charge in [0.05, 0.1) is 6.33 Å². The lowest BCUT2D eigenvalue weighted by atomic mass is 10.6. The molecule has 1 heterocycles. The second-order valence-corrected chi connectivity index (χ2v) is 3.15. The van der Waals surface area contributed by atoms with Gasteiger partial charge in [-0.05, 0) is 22.6 Å². The Morgan fingerprint density at radius 2 is 2.36 bits per heavy atom. The molecule has 11 heavy (non-hydrogen) atoms. The molecule has 1 aromatic heterocycles. The van der Waals surface area contributed by atoms with Crippen molar-refractivity contribution in [1.29, 1.82) is 0 Å². The maximum atomic E-state index is 11.2. The van der Waals surface area contributed by atoms with Crippen LogP contribution in [0.1, 0.15) is 0 Å². The predicted octanol–water partition coefficient (Wildman–Crippen LogP) is 0.427. The molecule has 0 saturated heterocycles. The maximum Gasteiger partial charge on any atom is 0.268 e. The normalized spacial score (nSPS) is 9.73. The van der Waals surface area contributed by atoms with Gasteiger partial charge in [0.2, 0.25) is 0 Å². The van der Waals surface area contributed by atoms with Crippen molar-refractivity contribution in [2.24, 2.45) is 7.05 Å². The summed E-state index contributed by atoms with van der Waals surface area (Å²) in [6, 6.07) is 0. The third-order valence-corrected chi connectivity index (χ3v) is 2.29. The van der Waals surface area contributed by atoms with E-state index < -0.39 is 0 Å². The molecule has 0 atom stereocenters. The van der Waals surface area contributed by atoms with Crippen LogP contribution in [0.4, 0.5) is 5.82 Å². The van der Waals surface area contributed by atoms with E-state index in [1.165, 1.54) is 10.9 Å². The van der Waals surface area contributed by atoms with Gasteiger partial charge < -0.3 is 9.88 Å². The number of aryl methyl sites for hydroxylation is 1. The molecule has 0 spiro atoms. The van der Waals surface area contributed by atoms with Gasteiger partial charge >= 0.3 is 0 Å². The topological polar surface area (TPSA) is 46.9 Å². The second kappa shape index (κ2) is 3.21. The summed E-state index contributed by atoms with van der Waals surface area (Å²) in [5.41, 5.74) is -0.0232. The number of halogens is 1. The Bertz CT molecular complexity index is 320. The average molecular weight is 265 g/mol. The Morgan fingerprint density at radius 3 is 2.91 bits per heavy atom. The third kappa shape index (κ3) is 1.52. The SMILES string of the molecule is CNc1ncn(C)c(=O)c1I. The van der Waals surface area contributed by atoms with Gasteiger partial charge in [-0.15, -0.1) is 0 Å². The molecule has 5 heteroatoms. The lowest BCUT2D eigenvalue weighted by molar-refractivity contribution is 0.818. The molecule has 0 aliphatic heterocycles. The lowest BCUT2D eigenvalue weighted by Crippen LogP contribution is -2.21. The molecule has 1 N–H and O–H groups in total. The first-order valence-electron chi connectivity index (χ1n) is 3.05. The van der Waals surface area contributed by atoms with E-state index in [4.69, 9.17) is 0 Å². The van der Waals surface area contributed by atoms with Crippen LogP contribution in [0.15, 0.2) is 11.1 Å². The molecular weight excluding hydrogens is 257 g/mol. The number of rotatable bonds is 1. The van der Waals surface area contributed by atoms with Crippen molar-refractivity contribution in [3.05, 3.63) is 20.3 Å². The molecule has 0 saturated carbocycles. The maximum absolute atomic E-state index is 11.2. The first kappa shape index (κ1) is 8.51. The Morgan fingerprint density at radius 1 is 1.73 bits per heavy atom. The van der Waals surface area contributed by atoms with Gasteiger partial charge in [0.1, 0.15) is 9.39 Å². The lowest BCUT2D eigenvalue weighted by Gasteiger charge is -2.02. The van der Waals surface area contributed by atoms with Crippen LogP contribution < -0.4 is 10.9 Å². The largest absolute Gasteiger partial charge is 0.372 e. The van der Waals surface area contributed by atoms with E-state index in [1.807, 2.05) is 22.6 Å². The fraction of sp³-hybridized carbons (Fsp3) is 0.333. The monoisotopic (exact) mass is 265 g/mol. The van der Waals surface area contributed by atoms with E-state index in [0.717, 1.165) is 0 Å². The highest BCUT2D eigenvalue weighted by Gasteiger charge is 2.03. The number of hydrogen-bond donors (Lipinski definition) is 1. The fourth-order valence-electron chi connectivity index (χ4n) is 0.684. The first-order valence-corrected chi connectivity index (χ1v) is 4.13. The van der Waals surface area contributed by atoms with Crippen LogP contribution in [0.5, 0.6) is 0 Å². The molecule has 0 bridgehead atoms. The van der Waals surface area contributed by atoms with Crippen LogP contribution in [-0.2, 0) is 7.05 Å². The van der Waals surface area contributed by atoms with Crippen molar-refractivity contribution in [2.45, 2.75) is 0 Å². The van der Waals surface area contributed by atoms with Crippen molar-refractivity contribution in [1.82, 2.24) is 9.55 Å². The molecule has 0 aliphatic carbocycles. The zero-order chi connectivity index (χ0) is 8.43. The van der Waals surface area contributed by atoms with Crippen molar-refractivity contribution in [3.8, 4) is 0 Å². The molecule has 4 nitrogen and oxygen atoms in total.